The standard InChI is InChI=1S/C28H47N8O19P3S/c1-28(2,22(40)25(41)32-8-7-17(37)31-9-10-59-18(38)6-4-3-5-15(29)27(42)43)12-52-58(49,50)55-57(47,48)51-11-16-21(54-56(44,45)46)20(39)26(53-16)36-14-35-19-23(30)33-13-34-24(19)36/h13-16,20-22,26,39-40H,3-12,29H2,1-2H3,(H,31,37)(H,32,41)(H,42,43)(H,47,48)(H,49,50)(H2,30,33,34)(H2,44,45,46)/t15?,16-,20-,21-,22+,26-/m1/s1. The van der Waals surface area contributed by atoms with Gasteiger partial charge in [-0.3, -0.25) is 37.3 Å². The first kappa shape index (κ1) is 50.3. The number of aromatic nitrogens is 4. The number of hydrogen-bond donors (Lipinski definition) is 11. The number of aliphatic carboxylic acids is 1. The summed E-state index contributed by atoms with van der Waals surface area (Å²) < 4.78 is 62.1. The molecule has 31 heteroatoms. The molecule has 0 spiro atoms. The van der Waals surface area contributed by atoms with Gasteiger partial charge in [-0.15, -0.1) is 0 Å². The summed E-state index contributed by atoms with van der Waals surface area (Å²) >= 11 is 0.988. The smallest absolute Gasteiger partial charge is 0.480 e. The highest BCUT2D eigenvalue weighted by molar-refractivity contribution is 8.13. The number of ether oxygens (including phenoxy) is 1. The van der Waals surface area contributed by atoms with Crippen LogP contribution in [0, 0.1) is 5.41 Å². The van der Waals surface area contributed by atoms with Crippen LogP contribution in [-0.4, -0.2) is 140 Å². The Hall–Kier alpha value is -3.01. The third-order valence-corrected chi connectivity index (χ3v) is 12.3. The summed E-state index contributed by atoms with van der Waals surface area (Å²) in [5, 5.41) is 34.9. The molecule has 3 heterocycles. The van der Waals surface area contributed by atoms with Gasteiger partial charge in [0.2, 0.25) is 11.8 Å². The van der Waals surface area contributed by atoms with Crippen molar-refractivity contribution < 1.29 is 90.4 Å². The predicted octanol–water partition coefficient (Wildman–Crippen LogP) is -1.36. The first-order valence-corrected chi connectivity index (χ1v) is 22.9. The van der Waals surface area contributed by atoms with Crippen molar-refractivity contribution in [1.82, 2.24) is 30.2 Å². The largest absolute Gasteiger partial charge is 0.481 e. The topological polar surface area (TPSA) is 427 Å². The molecule has 0 saturated carbocycles. The normalized spacial score (nSPS) is 21.6. The third kappa shape index (κ3) is 16.1. The molecule has 1 saturated heterocycles. The fourth-order valence-corrected chi connectivity index (χ4v) is 8.67. The fraction of sp³-hybridized carbons (Fsp3) is 0.679. The Morgan fingerprint density at radius 3 is 2.36 bits per heavy atom. The number of nitrogens with one attached hydrogen (secondary N) is 2. The molecule has 27 nitrogen and oxygen atoms in total. The molecule has 0 bridgehead atoms. The number of anilines is 1. The number of carbonyl (C=O) groups excluding carboxylic acids is 3. The van der Waals surface area contributed by atoms with Gasteiger partial charge in [0.05, 0.1) is 19.5 Å². The number of imidazole rings is 1. The summed E-state index contributed by atoms with van der Waals surface area (Å²) in [6.07, 6.45) is -5.66. The van der Waals surface area contributed by atoms with E-state index in [1.165, 1.54) is 13.8 Å². The van der Waals surface area contributed by atoms with Crippen molar-refractivity contribution in [3.63, 3.8) is 0 Å². The van der Waals surface area contributed by atoms with Gasteiger partial charge in [-0.05, 0) is 12.8 Å². The highest BCUT2D eigenvalue weighted by Crippen LogP contribution is 2.61. The first-order chi connectivity index (χ1) is 27.3. The Kier molecular flexibility index (Phi) is 18.5. The first-order valence-electron chi connectivity index (χ1n) is 17.4. The van der Waals surface area contributed by atoms with Gasteiger partial charge < -0.3 is 61.7 Å². The summed E-state index contributed by atoms with van der Waals surface area (Å²) in [5.41, 5.74) is 9.62. The average molecular weight is 925 g/mol. The van der Waals surface area contributed by atoms with Gasteiger partial charge in [-0.2, -0.15) is 4.31 Å². The molecule has 0 aromatic carbocycles. The number of nitrogens with two attached hydrogens (primary N) is 2. The van der Waals surface area contributed by atoms with E-state index < -0.39 is 96.6 Å². The van der Waals surface area contributed by atoms with Gasteiger partial charge >= 0.3 is 29.4 Å². The van der Waals surface area contributed by atoms with Crippen molar-refractivity contribution in [1.29, 1.82) is 0 Å². The number of unbranched alkanes of at least 4 members (excludes halogenated alkanes) is 1. The molecule has 2 amide bonds. The van der Waals surface area contributed by atoms with Crippen molar-refractivity contribution in [3.05, 3.63) is 12.7 Å². The van der Waals surface area contributed by atoms with Crippen LogP contribution in [0.1, 0.15) is 52.2 Å². The average Bonchev–Trinajstić information content (AvgIpc) is 3.69. The number of rotatable bonds is 25. The monoisotopic (exact) mass is 924 g/mol. The van der Waals surface area contributed by atoms with E-state index in [2.05, 4.69) is 34.4 Å². The van der Waals surface area contributed by atoms with Gasteiger partial charge in [0.15, 0.2) is 22.8 Å². The van der Waals surface area contributed by atoms with Gasteiger partial charge in [-0.1, -0.05) is 32.0 Å². The molecule has 2 aromatic heterocycles. The van der Waals surface area contributed by atoms with E-state index in [0.717, 1.165) is 29.0 Å². The Labute approximate surface area is 339 Å². The fourth-order valence-electron chi connectivity index (χ4n) is 5.12. The molecule has 0 radical (unpaired) electrons. The van der Waals surface area contributed by atoms with Gasteiger partial charge in [0.25, 0.3) is 0 Å². The Morgan fingerprint density at radius 2 is 1.69 bits per heavy atom. The summed E-state index contributed by atoms with van der Waals surface area (Å²) in [6.45, 7) is 0.300. The Balaban J connectivity index is 1.43. The third-order valence-electron chi connectivity index (χ3n) is 8.23. The number of carboxylic acids is 1. The van der Waals surface area contributed by atoms with Crippen molar-refractivity contribution in [3.8, 4) is 0 Å². The van der Waals surface area contributed by atoms with Gasteiger partial charge in [0.1, 0.15) is 42.3 Å². The summed E-state index contributed by atoms with van der Waals surface area (Å²) in [4.78, 5) is 98.3. The second-order valence-electron chi connectivity index (χ2n) is 13.5. The molecule has 1 aliphatic heterocycles. The van der Waals surface area contributed by atoms with E-state index in [-0.39, 0.29) is 60.2 Å². The molecule has 3 unspecified atom stereocenters. The van der Waals surface area contributed by atoms with Crippen LogP contribution < -0.4 is 22.1 Å². The molecule has 0 aliphatic carbocycles. The lowest BCUT2D eigenvalue weighted by atomic mass is 9.87. The molecular formula is C28H47N8O19P3S. The van der Waals surface area contributed by atoms with E-state index >= 15 is 0 Å². The highest BCUT2D eigenvalue weighted by atomic mass is 32.2. The van der Waals surface area contributed by atoms with E-state index in [9.17, 15) is 62.7 Å². The number of aliphatic hydroxyl groups excluding tert-OH is 2. The van der Waals surface area contributed by atoms with E-state index in [1.807, 2.05) is 0 Å². The van der Waals surface area contributed by atoms with Crippen LogP contribution in [-0.2, 0) is 55.5 Å². The minimum Gasteiger partial charge on any atom is -0.480 e. The van der Waals surface area contributed by atoms with Crippen LogP contribution in [0.2, 0.25) is 0 Å². The maximum Gasteiger partial charge on any atom is 0.481 e. The van der Waals surface area contributed by atoms with Crippen LogP contribution in [0.4, 0.5) is 5.82 Å². The maximum absolute atomic E-state index is 12.7. The second-order valence-corrected chi connectivity index (χ2v) is 18.9. The number of thioether (sulfide) groups is 1. The van der Waals surface area contributed by atoms with Gasteiger partial charge in [0, 0.05) is 37.1 Å². The van der Waals surface area contributed by atoms with Crippen LogP contribution in [0.15, 0.2) is 12.7 Å². The van der Waals surface area contributed by atoms with Crippen LogP contribution in [0.25, 0.3) is 11.2 Å². The number of aliphatic hydroxyl groups is 2. The van der Waals surface area contributed by atoms with E-state index in [0.29, 0.717) is 12.8 Å². The lowest BCUT2D eigenvalue weighted by Crippen LogP contribution is -2.46. The van der Waals surface area contributed by atoms with E-state index in [4.69, 9.17) is 30.4 Å². The molecular weight excluding hydrogens is 877 g/mol. The number of carboxylic acid groups (broad SMARTS) is 1. The molecule has 59 heavy (non-hydrogen) atoms. The number of hydrogen-bond acceptors (Lipinski definition) is 20. The number of fused-ring (bicyclic) bond motifs is 1. The van der Waals surface area contributed by atoms with Crippen LogP contribution in [0.5, 0.6) is 0 Å². The number of nitrogens with zero attached hydrogens (tertiary/aromatic N) is 4. The zero-order valence-electron chi connectivity index (χ0n) is 31.4. The van der Waals surface area contributed by atoms with Crippen LogP contribution in [0.3, 0.4) is 0 Å². The summed E-state index contributed by atoms with van der Waals surface area (Å²) in [6, 6.07) is -0.984. The predicted molar refractivity (Wildman–Crippen MR) is 201 cm³/mol. The van der Waals surface area contributed by atoms with Crippen molar-refractivity contribution >= 4 is 75.1 Å². The second kappa shape index (κ2) is 21.7. The maximum atomic E-state index is 12.7. The lowest BCUT2D eigenvalue weighted by molar-refractivity contribution is -0.139. The van der Waals surface area contributed by atoms with Crippen molar-refractivity contribution in [2.75, 3.05) is 37.8 Å². The van der Waals surface area contributed by atoms with Gasteiger partial charge in [-0.25, -0.2) is 28.6 Å². The van der Waals surface area contributed by atoms with Crippen LogP contribution >= 0.6 is 35.2 Å². The van der Waals surface area contributed by atoms with Crippen molar-refractivity contribution in [2.24, 2.45) is 11.1 Å². The molecule has 8 atom stereocenters. The lowest BCUT2D eigenvalue weighted by Gasteiger charge is -2.30. The molecule has 3 rings (SSSR count). The SMILES string of the molecule is CC(C)(COP(=O)(O)OP(=O)(O)OC[C@H]1O[C@@H](n2cnc3c(N)ncnc32)[C@H](O)[C@@H]1OP(=O)(O)O)[C@@H](O)C(=O)NCCC(=O)NCCSC(=O)CCCCC(N)C(=O)O. The number of phosphoric ester groups is 3. The number of phosphoric acid groups is 3. The Bertz CT molecular complexity index is 1940. The zero-order valence-corrected chi connectivity index (χ0v) is 34.9. The number of amides is 2. The minimum absolute atomic E-state index is 0.0202. The quantitative estimate of drug-likeness (QED) is 0.0404. The molecule has 2 aromatic rings. The molecule has 13 N–H and O–H groups in total. The molecule has 1 aliphatic rings. The molecule has 334 valence electrons. The number of nitrogen functional groups attached to an aromatic ring is 1. The number of carbonyl (C=O) groups is 4. The van der Waals surface area contributed by atoms with E-state index in [1.54, 1.807) is 0 Å². The minimum atomic E-state index is -5.59. The van der Waals surface area contributed by atoms with Crippen molar-refractivity contribution in [2.45, 2.75) is 82.6 Å². The Morgan fingerprint density at radius 1 is 1.02 bits per heavy atom. The highest BCUT2D eigenvalue weighted by Gasteiger charge is 2.50. The zero-order chi connectivity index (χ0) is 44.3. The summed E-state index contributed by atoms with van der Waals surface area (Å²) in [5.74, 6) is -2.40. The molecule has 1 fully saturated rings. The summed E-state index contributed by atoms with van der Waals surface area (Å²) in [7, 11) is -16.4.